The lowest BCUT2D eigenvalue weighted by molar-refractivity contribution is 0.0198. The second kappa shape index (κ2) is 6.02. The quantitative estimate of drug-likeness (QED) is 0.437. The van der Waals surface area contributed by atoms with Gasteiger partial charge in [0.2, 0.25) is 0 Å². The molecule has 3 saturated carbocycles. The standard InChI is InChI=1S/C24H44/c1-14-10-17(23(4,5)6)12-19-20-13-18(24(7,8)9)11-15(2)22(20)16(3)21(14)19/h14-22H,10-13H2,1-9H3. The molecule has 0 heterocycles. The smallest absolute Gasteiger partial charge is 0.0328 e. The van der Waals surface area contributed by atoms with Crippen molar-refractivity contribution in [2.24, 2.45) is 64.1 Å². The molecule has 0 aromatic rings. The highest BCUT2D eigenvalue weighted by atomic mass is 14.6. The van der Waals surface area contributed by atoms with E-state index in [0.29, 0.717) is 10.8 Å². The third kappa shape index (κ3) is 3.09. The molecule has 0 radical (unpaired) electrons. The predicted octanol–water partition coefficient (Wildman–Crippen LogP) is 7.29. The molecule has 0 heteroatoms. The van der Waals surface area contributed by atoms with Crippen LogP contribution < -0.4 is 0 Å². The lowest BCUT2D eigenvalue weighted by atomic mass is 9.58. The van der Waals surface area contributed by atoms with Crippen molar-refractivity contribution in [1.29, 1.82) is 0 Å². The van der Waals surface area contributed by atoms with Crippen LogP contribution in [0, 0.1) is 64.1 Å². The summed E-state index contributed by atoms with van der Waals surface area (Å²) in [6.45, 7) is 22.7. The van der Waals surface area contributed by atoms with Crippen molar-refractivity contribution in [3.63, 3.8) is 0 Å². The third-order valence-corrected chi connectivity index (χ3v) is 8.94. The maximum atomic E-state index is 2.63. The Morgan fingerprint density at radius 2 is 0.875 bits per heavy atom. The minimum atomic E-state index is 0.490. The van der Waals surface area contributed by atoms with Gasteiger partial charge < -0.3 is 0 Å². The van der Waals surface area contributed by atoms with Gasteiger partial charge in [-0.25, -0.2) is 0 Å². The average molecular weight is 333 g/mol. The largest absolute Gasteiger partial charge is 0.0622 e. The van der Waals surface area contributed by atoms with Gasteiger partial charge in [-0.3, -0.25) is 0 Å². The molecule has 140 valence electrons. The van der Waals surface area contributed by atoms with Gasteiger partial charge in [-0.05, 0) is 89.8 Å². The van der Waals surface area contributed by atoms with Crippen molar-refractivity contribution >= 4 is 0 Å². The van der Waals surface area contributed by atoms with E-state index in [0.717, 1.165) is 53.3 Å². The summed E-state index contributed by atoms with van der Waals surface area (Å²) in [5, 5.41) is 0. The van der Waals surface area contributed by atoms with Gasteiger partial charge in [-0.2, -0.15) is 0 Å². The summed E-state index contributed by atoms with van der Waals surface area (Å²) >= 11 is 0. The van der Waals surface area contributed by atoms with Gasteiger partial charge in [-0.15, -0.1) is 0 Å². The molecule has 8 unspecified atom stereocenters. The zero-order valence-corrected chi connectivity index (χ0v) is 18.0. The molecule has 3 fully saturated rings. The van der Waals surface area contributed by atoms with E-state index in [4.69, 9.17) is 0 Å². The molecule has 0 aromatic carbocycles. The molecule has 0 nitrogen and oxygen atoms in total. The molecule has 0 bridgehead atoms. The Bertz CT molecular complexity index is 406. The lowest BCUT2D eigenvalue weighted by Crippen LogP contribution is -2.39. The monoisotopic (exact) mass is 332 g/mol. The Hall–Kier alpha value is 0. The van der Waals surface area contributed by atoms with Gasteiger partial charge in [0.15, 0.2) is 0 Å². The summed E-state index contributed by atoms with van der Waals surface area (Å²) < 4.78 is 0. The Labute approximate surface area is 152 Å². The van der Waals surface area contributed by atoms with Crippen LogP contribution in [0.5, 0.6) is 0 Å². The van der Waals surface area contributed by atoms with E-state index in [1.54, 1.807) is 0 Å². The maximum absolute atomic E-state index is 2.63. The SMILES string of the molecule is CC1CC(C(C)(C)C)CC2C3CC(C(C)(C)C)CC(C)C3C(C)C12. The van der Waals surface area contributed by atoms with Crippen LogP contribution in [0.4, 0.5) is 0 Å². The van der Waals surface area contributed by atoms with E-state index < -0.39 is 0 Å². The molecule has 3 aliphatic rings. The normalized spacial score (nSPS) is 49.6. The number of hydrogen-bond acceptors (Lipinski definition) is 0. The van der Waals surface area contributed by atoms with E-state index in [2.05, 4.69) is 62.3 Å². The first kappa shape index (κ1) is 18.8. The topological polar surface area (TPSA) is 0 Å². The zero-order chi connectivity index (χ0) is 18.0. The Balaban J connectivity index is 1.88. The molecule has 8 atom stereocenters. The molecule has 0 N–H and O–H groups in total. The zero-order valence-electron chi connectivity index (χ0n) is 18.0. The first-order valence-corrected chi connectivity index (χ1v) is 10.9. The number of hydrogen-bond donors (Lipinski definition) is 0. The summed E-state index contributed by atoms with van der Waals surface area (Å²) in [5.41, 5.74) is 0.981. The Morgan fingerprint density at radius 3 is 1.17 bits per heavy atom. The van der Waals surface area contributed by atoms with Gasteiger partial charge in [0, 0.05) is 0 Å². The second-order valence-electron chi connectivity index (χ2n) is 12.4. The number of rotatable bonds is 0. The second-order valence-corrected chi connectivity index (χ2v) is 12.4. The molecule has 3 rings (SSSR count). The maximum Gasteiger partial charge on any atom is -0.0328 e. The highest BCUT2D eigenvalue weighted by Gasteiger charge is 2.57. The van der Waals surface area contributed by atoms with Crippen molar-refractivity contribution in [1.82, 2.24) is 0 Å². The van der Waals surface area contributed by atoms with Gasteiger partial charge >= 0.3 is 0 Å². The van der Waals surface area contributed by atoms with Gasteiger partial charge in [-0.1, -0.05) is 62.3 Å². The highest BCUT2D eigenvalue weighted by molar-refractivity contribution is 5.05. The van der Waals surface area contributed by atoms with Crippen molar-refractivity contribution in [3.05, 3.63) is 0 Å². The van der Waals surface area contributed by atoms with Crippen LogP contribution in [0.25, 0.3) is 0 Å². The summed E-state index contributed by atoms with van der Waals surface area (Å²) in [6, 6.07) is 0. The minimum absolute atomic E-state index is 0.490. The van der Waals surface area contributed by atoms with Crippen LogP contribution in [-0.2, 0) is 0 Å². The van der Waals surface area contributed by atoms with E-state index in [1.807, 2.05) is 0 Å². The van der Waals surface area contributed by atoms with E-state index in [1.165, 1.54) is 25.7 Å². The van der Waals surface area contributed by atoms with Gasteiger partial charge in [0.05, 0.1) is 0 Å². The van der Waals surface area contributed by atoms with Crippen molar-refractivity contribution < 1.29 is 0 Å². The predicted molar refractivity (Wildman–Crippen MR) is 106 cm³/mol. The fraction of sp³-hybridized carbons (Fsp3) is 1.00. The molecular weight excluding hydrogens is 288 g/mol. The molecule has 0 amide bonds. The first-order chi connectivity index (χ1) is 10.9. The summed E-state index contributed by atoms with van der Waals surface area (Å²) in [5.74, 6) is 8.78. The Kier molecular flexibility index (Phi) is 4.71. The highest BCUT2D eigenvalue weighted by Crippen LogP contribution is 2.64. The molecule has 0 saturated heterocycles. The van der Waals surface area contributed by atoms with E-state index in [9.17, 15) is 0 Å². The molecule has 3 aliphatic carbocycles. The van der Waals surface area contributed by atoms with Gasteiger partial charge in [0.25, 0.3) is 0 Å². The third-order valence-electron chi connectivity index (χ3n) is 8.94. The van der Waals surface area contributed by atoms with Crippen molar-refractivity contribution in [3.8, 4) is 0 Å². The summed E-state index contributed by atoms with van der Waals surface area (Å²) in [6.07, 6.45) is 6.00. The fourth-order valence-corrected chi connectivity index (χ4v) is 7.63. The fourth-order valence-electron chi connectivity index (χ4n) is 7.63. The van der Waals surface area contributed by atoms with Gasteiger partial charge in [0.1, 0.15) is 0 Å². The molecule has 0 aromatic heterocycles. The molecule has 24 heavy (non-hydrogen) atoms. The molecular formula is C24H44. The Morgan fingerprint density at radius 1 is 0.542 bits per heavy atom. The van der Waals surface area contributed by atoms with Crippen LogP contribution in [-0.4, -0.2) is 0 Å². The first-order valence-electron chi connectivity index (χ1n) is 10.9. The van der Waals surface area contributed by atoms with Crippen LogP contribution in [0.1, 0.15) is 88.0 Å². The van der Waals surface area contributed by atoms with Crippen LogP contribution >= 0.6 is 0 Å². The summed E-state index contributed by atoms with van der Waals surface area (Å²) in [4.78, 5) is 0. The summed E-state index contributed by atoms with van der Waals surface area (Å²) in [7, 11) is 0. The average Bonchev–Trinajstić information content (AvgIpc) is 2.71. The minimum Gasteiger partial charge on any atom is -0.0622 e. The molecule has 0 spiro atoms. The van der Waals surface area contributed by atoms with Crippen molar-refractivity contribution in [2.75, 3.05) is 0 Å². The van der Waals surface area contributed by atoms with E-state index in [-0.39, 0.29) is 0 Å². The number of fused-ring (bicyclic) bond motifs is 3. The lowest BCUT2D eigenvalue weighted by Gasteiger charge is -2.47. The van der Waals surface area contributed by atoms with Crippen LogP contribution in [0.2, 0.25) is 0 Å². The van der Waals surface area contributed by atoms with Crippen molar-refractivity contribution in [2.45, 2.75) is 88.0 Å². The van der Waals surface area contributed by atoms with E-state index >= 15 is 0 Å². The van der Waals surface area contributed by atoms with Crippen LogP contribution in [0.3, 0.4) is 0 Å². The van der Waals surface area contributed by atoms with Crippen LogP contribution in [0.15, 0.2) is 0 Å². The molecule has 0 aliphatic heterocycles.